The van der Waals surface area contributed by atoms with Gasteiger partial charge in [0.1, 0.15) is 5.75 Å². The fourth-order valence-electron chi connectivity index (χ4n) is 1.89. The van der Waals surface area contributed by atoms with Crippen molar-refractivity contribution in [3.8, 4) is 11.5 Å². The van der Waals surface area contributed by atoms with Crippen LogP contribution in [-0.2, 0) is 11.0 Å². The van der Waals surface area contributed by atoms with Crippen molar-refractivity contribution in [2.45, 2.75) is 6.18 Å². The third kappa shape index (κ3) is 4.55. The van der Waals surface area contributed by atoms with Crippen molar-refractivity contribution in [3.63, 3.8) is 0 Å². The van der Waals surface area contributed by atoms with Gasteiger partial charge in [-0.25, -0.2) is 0 Å². The second kappa shape index (κ2) is 7.44. The number of halogens is 4. The van der Waals surface area contributed by atoms with Crippen molar-refractivity contribution in [1.82, 2.24) is 0 Å². The molecule has 128 valence electrons. The number of hydrogen-bond acceptors (Lipinski definition) is 3. The van der Waals surface area contributed by atoms with E-state index < -0.39 is 17.6 Å². The summed E-state index contributed by atoms with van der Waals surface area (Å²) >= 11 is 5.94. The molecule has 8 heteroatoms. The first-order valence-electron chi connectivity index (χ1n) is 6.73. The van der Waals surface area contributed by atoms with Gasteiger partial charge >= 0.3 is 6.18 Å². The zero-order valence-electron chi connectivity index (χ0n) is 12.5. The molecule has 0 fully saturated rings. The van der Waals surface area contributed by atoms with E-state index in [4.69, 9.17) is 21.1 Å². The SMILES string of the molecule is COc1c(Cl)cccc1NC(=O)COc1ccc(C(F)(F)F)cc1. The lowest BCUT2D eigenvalue weighted by Crippen LogP contribution is -2.20. The van der Waals surface area contributed by atoms with Crippen LogP contribution in [-0.4, -0.2) is 19.6 Å². The highest BCUT2D eigenvalue weighted by atomic mass is 35.5. The molecule has 0 spiro atoms. The number of carbonyl (C=O) groups excluding carboxylic acids is 1. The molecule has 0 heterocycles. The van der Waals surface area contributed by atoms with Crippen molar-refractivity contribution in [2.24, 2.45) is 0 Å². The van der Waals surface area contributed by atoms with Gasteiger partial charge in [0, 0.05) is 0 Å². The molecule has 0 aromatic heterocycles. The van der Waals surface area contributed by atoms with Crippen LogP contribution >= 0.6 is 11.6 Å². The molecule has 0 aliphatic heterocycles. The Hall–Kier alpha value is -2.41. The first kappa shape index (κ1) is 17.9. The highest BCUT2D eigenvalue weighted by Crippen LogP contribution is 2.32. The van der Waals surface area contributed by atoms with Gasteiger partial charge in [0.15, 0.2) is 12.4 Å². The van der Waals surface area contributed by atoms with E-state index in [9.17, 15) is 18.0 Å². The van der Waals surface area contributed by atoms with Gasteiger partial charge < -0.3 is 14.8 Å². The Morgan fingerprint density at radius 3 is 2.42 bits per heavy atom. The van der Waals surface area contributed by atoms with E-state index in [1.165, 1.54) is 7.11 Å². The molecular weight excluding hydrogens is 347 g/mol. The largest absolute Gasteiger partial charge is 0.493 e. The van der Waals surface area contributed by atoms with Crippen LogP contribution in [0.25, 0.3) is 0 Å². The summed E-state index contributed by atoms with van der Waals surface area (Å²) in [7, 11) is 1.41. The molecule has 0 bridgehead atoms. The van der Waals surface area contributed by atoms with Crippen molar-refractivity contribution < 1.29 is 27.4 Å². The van der Waals surface area contributed by atoms with Crippen LogP contribution in [0.15, 0.2) is 42.5 Å². The number of carbonyl (C=O) groups is 1. The average Bonchev–Trinajstić information content (AvgIpc) is 2.53. The molecule has 4 nitrogen and oxygen atoms in total. The zero-order valence-corrected chi connectivity index (χ0v) is 13.2. The lowest BCUT2D eigenvalue weighted by Gasteiger charge is -2.12. The number of anilines is 1. The molecule has 0 atom stereocenters. The van der Waals surface area contributed by atoms with Gasteiger partial charge in [0.05, 0.1) is 23.4 Å². The second-order valence-electron chi connectivity index (χ2n) is 4.68. The monoisotopic (exact) mass is 359 g/mol. The summed E-state index contributed by atoms with van der Waals surface area (Å²) in [6.07, 6.45) is -4.42. The Balaban J connectivity index is 1.95. The first-order valence-corrected chi connectivity index (χ1v) is 7.11. The quantitative estimate of drug-likeness (QED) is 0.861. The third-order valence-electron chi connectivity index (χ3n) is 3.00. The van der Waals surface area contributed by atoms with E-state index in [0.29, 0.717) is 16.5 Å². The van der Waals surface area contributed by atoms with E-state index in [0.717, 1.165) is 24.3 Å². The Morgan fingerprint density at radius 2 is 1.83 bits per heavy atom. The van der Waals surface area contributed by atoms with Crippen molar-refractivity contribution in [3.05, 3.63) is 53.1 Å². The van der Waals surface area contributed by atoms with Crippen LogP contribution < -0.4 is 14.8 Å². The maximum Gasteiger partial charge on any atom is 0.416 e. The predicted octanol–water partition coefficient (Wildman–Crippen LogP) is 4.38. The third-order valence-corrected chi connectivity index (χ3v) is 3.29. The van der Waals surface area contributed by atoms with Gasteiger partial charge in [-0.3, -0.25) is 4.79 Å². The number of para-hydroxylation sites is 1. The van der Waals surface area contributed by atoms with E-state index in [1.54, 1.807) is 18.2 Å². The second-order valence-corrected chi connectivity index (χ2v) is 5.09. The smallest absolute Gasteiger partial charge is 0.416 e. The van der Waals surface area contributed by atoms with Crippen molar-refractivity contribution in [1.29, 1.82) is 0 Å². The summed E-state index contributed by atoms with van der Waals surface area (Å²) in [5.74, 6) is -0.0475. The van der Waals surface area contributed by atoms with Crippen LogP contribution in [0.1, 0.15) is 5.56 Å². The predicted molar refractivity (Wildman–Crippen MR) is 83.6 cm³/mol. The number of alkyl halides is 3. The minimum atomic E-state index is -4.42. The van der Waals surface area contributed by atoms with Gasteiger partial charge in [-0.1, -0.05) is 17.7 Å². The number of methoxy groups -OCH3 is 1. The average molecular weight is 360 g/mol. The summed E-state index contributed by atoms with van der Waals surface area (Å²) in [5, 5.41) is 2.89. The molecule has 0 radical (unpaired) electrons. The van der Waals surface area contributed by atoms with Gasteiger partial charge in [-0.2, -0.15) is 13.2 Å². The van der Waals surface area contributed by atoms with Gasteiger partial charge in [0.25, 0.3) is 5.91 Å². The first-order chi connectivity index (χ1) is 11.3. The zero-order chi connectivity index (χ0) is 17.7. The standard InChI is InChI=1S/C16H13ClF3NO3/c1-23-15-12(17)3-2-4-13(15)21-14(22)9-24-11-7-5-10(6-8-11)16(18,19)20/h2-8H,9H2,1H3,(H,21,22). The van der Waals surface area contributed by atoms with Crippen LogP contribution in [0.3, 0.4) is 0 Å². The number of benzene rings is 2. The summed E-state index contributed by atoms with van der Waals surface area (Å²) in [6, 6.07) is 8.90. The van der Waals surface area contributed by atoms with E-state index >= 15 is 0 Å². The maximum absolute atomic E-state index is 12.5. The lowest BCUT2D eigenvalue weighted by molar-refractivity contribution is -0.137. The summed E-state index contributed by atoms with van der Waals surface area (Å²) in [4.78, 5) is 11.9. The highest BCUT2D eigenvalue weighted by molar-refractivity contribution is 6.32. The van der Waals surface area contributed by atoms with Gasteiger partial charge in [-0.15, -0.1) is 0 Å². The molecule has 0 aliphatic carbocycles. The van der Waals surface area contributed by atoms with Crippen LogP contribution in [0.5, 0.6) is 11.5 Å². The molecule has 24 heavy (non-hydrogen) atoms. The number of rotatable bonds is 5. The molecule has 0 aliphatic rings. The normalized spacial score (nSPS) is 11.0. The Bertz CT molecular complexity index is 717. The fraction of sp³-hybridized carbons (Fsp3) is 0.188. The Morgan fingerprint density at radius 1 is 1.17 bits per heavy atom. The lowest BCUT2D eigenvalue weighted by atomic mass is 10.2. The van der Waals surface area contributed by atoms with E-state index in [-0.39, 0.29) is 12.4 Å². The molecular formula is C16H13ClF3NO3. The van der Waals surface area contributed by atoms with Crippen molar-refractivity contribution in [2.75, 3.05) is 19.0 Å². The molecule has 2 rings (SSSR count). The van der Waals surface area contributed by atoms with Crippen LogP contribution in [0, 0.1) is 0 Å². The minimum absolute atomic E-state index is 0.149. The minimum Gasteiger partial charge on any atom is -0.493 e. The van der Waals surface area contributed by atoms with E-state index in [1.807, 2.05) is 0 Å². The molecule has 0 saturated heterocycles. The fourth-order valence-corrected chi connectivity index (χ4v) is 2.14. The molecule has 1 N–H and O–H groups in total. The Kier molecular flexibility index (Phi) is 5.56. The van der Waals surface area contributed by atoms with Gasteiger partial charge in [-0.05, 0) is 36.4 Å². The van der Waals surface area contributed by atoms with E-state index in [2.05, 4.69) is 5.32 Å². The highest BCUT2D eigenvalue weighted by Gasteiger charge is 2.30. The molecule has 2 aromatic rings. The maximum atomic E-state index is 12.5. The molecule has 0 unspecified atom stereocenters. The number of hydrogen-bond donors (Lipinski definition) is 1. The summed E-state index contributed by atoms with van der Waals surface area (Å²) in [5.41, 5.74) is -0.422. The van der Waals surface area contributed by atoms with Gasteiger partial charge in [0.2, 0.25) is 0 Å². The number of amides is 1. The summed E-state index contributed by atoms with van der Waals surface area (Å²) in [6.45, 7) is -0.374. The molecule has 2 aromatic carbocycles. The van der Waals surface area contributed by atoms with Crippen LogP contribution in [0.2, 0.25) is 5.02 Å². The molecule has 0 saturated carbocycles. The Labute approximate surface area is 141 Å². The van der Waals surface area contributed by atoms with Crippen molar-refractivity contribution >= 4 is 23.2 Å². The number of nitrogens with one attached hydrogen (secondary N) is 1. The van der Waals surface area contributed by atoms with Crippen LogP contribution in [0.4, 0.5) is 18.9 Å². The number of ether oxygens (including phenoxy) is 2. The topological polar surface area (TPSA) is 47.6 Å². The summed E-state index contributed by atoms with van der Waals surface area (Å²) < 4.78 is 47.6. The molecule has 1 amide bonds.